The Hall–Kier alpha value is -1.75. The van der Waals surface area contributed by atoms with Crippen LogP contribution in [0.4, 0.5) is 0 Å². The van der Waals surface area contributed by atoms with E-state index < -0.39 is 5.60 Å². The summed E-state index contributed by atoms with van der Waals surface area (Å²) >= 11 is 0. The molecule has 0 bridgehead atoms. The van der Waals surface area contributed by atoms with Gasteiger partial charge in [0.05, 0.1) is 26.9 Å². The molecule has 5 nitrogen and oxygen atoms in total. The Morgan fingerprint density at radius 1 is 1.22 bits per heavy atom. The van der Waals surface area contributed by atoms with E-state index in [-0.39, 0.29) is 5.97 Å². The summed E-state index contributed by atoms with van der Waals surface area (Å²) in [6.07, 6.45) is 4.85. The van der Waals surface area contributed by atoms with Crippen molar-refractivity contribution < 1.29 is 23.7 Å². The molecule has 1 heterocycles. The molecule has 128 valence electrons. The zero-order chi connectivity index (χ0) is 16.5. The van der Waals surface area contributed by atoms with Crippen LogP contribution in [0, 0.1) is 0 Å². The number of unbranched alkanes of at least 4 members (excludes halogenated alkanes) is 3. The van der Waals surface area contributed by atoms with Gasteiger partial charge in [0.1, 0.15) is 11.5 Å². The van der Waals surface area contributed by atoms with Crippen LogP contribution in [-0.2, 0) is 14.3 Å². The van der Waals surface area contributed by atoms with Gasteiger partial charge in [-0.15, -0.1) is 0 Å². The standard InChI is InChI=1S/C18H26O5/c1-3-21-17(19)18(14-23-18)11-6-4-5-7-12-22-16-10-8-9-15(13-16)20-2/h8-10,13H,3-7,11-12,14H2,1-2H3. The highest BCUT2D eigenvalue weighted by Gasteiger charge is 2.52. The molecule has 0 saturated carbocycles. The summed E-state index contributed by atoms with van der Waals surface area (Å²) in [5.74, 6) is 1.43. The van der Waals surface area contributed by atoms with Crippen LogP contribution in [0.25, 0.3) is 0 Å². The lowest BCUT2D eigenvalue weighted by Crippen LogP contribution is -2.27. The van der Waals surface area contributed by atoms with Crippen molar-refractivity contribution in [2.75, 3.05) is 26.9 Å². The fourth-order valence-electron chi connectivity index (χ4n) is 2.46. The Labute approximate surface area is 137 Å². The Bertz CT molecular complexity index is 496. The average molecular weight is 322 g/mol. The van der Waals surface area contributed by atoms with Gasteiger partial charge in [-0.25, -0.2) is 4.79 Å². The maximum absolute atomic E-state index is 11.7. The summed E-state index contributed by atoms with van der Waals surface area (Å²) in [4.78, 5) is 11.7. The predicted octanol–water partition coefficient (Wildman–Crippen LogP) is 3.36. The maximum Gasteiger partial charge on any atom is 0.340 e. The Morgan fingerprint density at radius 2 is 1.96 bits per heavy atom. The lowest BCUT2D eigenvalue weighted by Gasteiger charge is -2.10. The van der Waals surface area contributed by atoms with Gasteiger partial charge >= 0.3 is 5.97 Å². The second-order valence-corrected chi connectivity index (χ2v) is 5.70. The van der Waals surface area contributed by atoms with E-state index in [4.69, 9.17) is 18.9 Å². The van der Waals surface area contributed by atoms with Crippen LogP contribution in [0.1, 0.15) is 39.0 Å². The molecule has 5 heteroatoms. The van der Waals surface area contributed by atoms with Crippen molar-refractivity contribution in [1.29, 1.82) is 0 Å². The number of rotatable bonds is 11. The van der Waals surface area contributed by atoms with Crippen LogP contribution in [0.3, 0.4) is 0 Å². The van der Waals surface area contributed by atoms with Crippen molar-refractivity contribution in [3.8, 4) is 11.5 Å². The lowest BCUT2D eigenvalue weighted by molar-refractivity contribution is -0.149. The minimum Gasteiger partial charge on any atom is -0.497 e. The Kier molecular flexibility index (Phi) is 6.71. The second kappa shape index (κ2) is 8.77. The van der Waals surface area contributed by atoms with Crippen molar-refractivity contribution in [3.63, 3.8) is 0 Å². The number of esters is 1. The lowest BCUT2D eigenvalue weighted by atomic mass is 10.0. The fourth-order valence-corrected chi connectivity index (χ4v) is 2.46. The second-order valence-electron chi connectivity index (χ2n) is 5.70. The quantitative estimate of drug-likeness (QED) is 0.355. The van der Waals surface area contributed by atoms with Gasteiger partial charge in [-0.2, -0.15) is 0 Å². The molecule has 1 fully saturated rings. The zero-order valence-electron chi connectivity index (χ0n) is 14.0. The monoisotopic (exact) mass is 322 g/mol. The van der Waals surface area contributed by atoms with E-state index in [1.807, 2.05) is 31.2 Å². The molecule has 2 rings (SSSR count). The first-order chi connectivity index (χ1) is 11.2. The summed E-state index contributed by atoms with van der Waals surface area (Å²) in [7, 11) is 1.64. The summed E-state index contributed by atoms with van der Waals surface area (Å²) in [5, 5.41) is 0. The van der Waals surface area contributed by atoms with E-state index >= 15 is 0 Å². The largest absolute Gasteiger partial charge is 0.497 e. The number of hydrogen-bond acceptors (Lipinski definition) is 5. The smallest absolute Gasteiger partial charge is 0.340 e. The molecule has 1 aromatic carbocycles. The number of methoxy groups -OCH3 is 1. The third-order valence-electron chi connectivity index (χ3n) is 3.93. The van der Waals surface area contributed by atoms with Crippen LogP contribution in [-0.4, -0.2) is 38.5 Å². The van der Waals surface area contributed by atoms with E-state index in [1.54, 1.807) is 7.11 Å². The van der Waals surface area contributed by atoms with Crippen molar-refractivity contribution in [2.24, 2.45) is 0 Å². The zero-order valence-corrected chi connectivity index (χ0v) is 14.0. The number of benzene rings is 1. The topological polar surface area (TPSA) is 57.3 Å². The van der Waals surface area contributed by atoms with Gasteiger partial charge in [-0.1, -0.05) is 18.9 Å². The van der Waals surface area contributed by atoms with Crippen molar-refractivity contribution in [3.05, 3.63) is 24.3 Å². The normalized spacial score (nSPS) is 19.2. The maximum atomic E-state index is 11.7. The van der Waals surface area contributed by atoms with E-state index in [2.05, 4.69) is 0 Å². The molecule has 1 aromatic rings. The minimum atomic E-state index is -0.632. The van der Waals surface area contributed by atoms with E-state index in [0.717, 1.165) is 43.6 Å². The molecule has 1 aliphatic heterocycles. The fraction of sp³-hybridized carbons (Fsp3) is 0.611. The summed E-state index contributed by atoms with van der Waals surface area (Å²) in [6, 6.07) is 7.62. The van der Waals surface area contributed by atoms with E-state index in [0.29, 0.717) is 19.8 Å². The molecule has 1 aliphatic rings. The molecule has 0 amide bonds. The molecule has 0 N–H and O–H groups in total. The van der Waals surface area contributed by atoms with Gasteiger partial charge in [-0.3, -0.25) is 0 Å². The molecular weight excluding hydrogens is 296 g/mol. The van der Waals surface area contributed by atoms with Crippen LogP contribution in [0.15, 0.2) is 24.3 Å². The SMILES string of the molecule is CCOC(=O)C1(CCCCCCOc2cccc(OC)c2)CO1. The van der Waals surface area contributed by atoms with Crippen molar-refractivity contribution >= 4 is 5.97 Å². The highest BCUT2D eigenvalue weighted by atomic mass is 16.6. The molecule has 23 heavy (non-hydrogen) atoms. The molecule has 0 radical (unpaired) electrons. The molecule has 0 aliphatic carbocycles. The number of ether oxygens (including phenoxy) is 4. The molecule has 1 unspecified atom stereocenters. The Morgan fingerprint density at radius 3 is 2.65 bits per heavy atom. The van der Waals surface area contributed by atoms with Gasteiger partial charge < -0.3 is 18.9 Å². The third kappa shape index (κ3) is 5.43. The van der Waals surface area contributed by atoms with Gasteiger partial charge in [0.25, 0.3) is 0 Å². The van der Waals surface area contributed by atoms with Gasteiger partial charge in [-0.05, 0) is 38.3 Å². The number of hydrogen-bond donors (Lipinski definition) is 0. The van der Waals surface area contributed by atoms with Gasteiger partial charge in [0, 0.05) is 6.07 Å². The molecule has 0 aromatic heterocycles. The van der Waals surface area contributed by atoms with Crippen molar-refractivity contribution in [1.82, 2.24) is 0 Å². The summed E-state index contributed by atoms with van der Waals surface area (Å²) in [6.45, 7) is 3.42. The molecule has 1 saturated heterocycles. The van der Waals surface area contributed by atoms with Gasteiger partial charge in [0.15, 0.2) is 5.60 Å². The highest BCUT2D eigenvalue weighted by molar-refractivity contribution is 5.82. The summed E-state index contributed by atoms with van der Waals surface area (Å²) in [5.41, 5.74) is -0.632. The third-order valence-corrected chi connectivity index (χ3v) is 3.93. The van der Waals surface area contributed by atoms with Crippen LogP contribution >= 0.6 is 0 Å². The molecule has 0 spiro atoms. The van der Waals surface area contributed by atoms with E-state index in [9.17, 15) is 4.79 Å². The first-order valence-corrected chi connectivity index (χ1v) is 8.28. The minimum absolute atomic E-state index is 0.207. The Balaban J connectivity index is 1.54. The van der Waals surface area contributed by atoms with Gasteiger partial charge in [0.2, 0.25) is 0 Å². The molecular formula is C18H26O5. The van der Waals surface area contributed by atoms with Crippen LogP contribution in [0.2, 0.25) is 0 Å². The van der Waals surface area contributed by atoms with Crippen LogP contribution in [0.5, 0.6) is 11.5 Å². The van der Waals surface area contributed by atoms with E-state index in [1.165, 1.54) is 0 Å². The van der Waals surface area contributed by atoms with Crippen LogP contribution < -0.4 is 9.47 Å². The number of carbonyl (C=O) groups excluding carboxylic acids is 1. The first kappa shape index (κ1) is 17.6. The molecule has 1 atom stereocenters. The summed E-state index contributed by atoms with van der Waals surface area (Å²) < 4.78 is 21.2. The first-order valence-electron chi connectivity index (χ1n) is 8.28. The number of carbonyl (C=O) groups is 1. The number of epoxide rings is 1. The highest BCUT2D eigenvalue weighted by Crippen LogP contribution is 2.34. The average Bonchev–Trinajstić information content (AvgIpc) is 3.35. The predicted molar refractivity (Wildman–Crippen MR) is 86.9 cm³/mol. The van der Waals surface area contributed by atoms with Crippen molar-refractivity contribution in [2.45, 2.75) is 44.6 Å².